The first kappa shape index (κ1) is 12.9. The van der Waals surface area contributed by atoms with Crippen molar-refractivity contribution in [2.24, 2.45) is 0 Å². The van der Waals surface area contributed by atoms with Crippen molar-refractivity contribution in [1.29, 1.82) is 0 Å². The van der Waals surface area contributed by atoms with Gasteiger partial charge >= 0.3 is 0 Å². The number of hydrogen-bond acceptors (Lipinski definition) is 3. The summed E-state index contributed by atoms with van der Waals surface area (Å²) in [6, 6.07) is 5.49. The number of carbonyl (C=O) groups excluding carboxylic acids is 1. The molecule has 1 saturated heterocycles. The smallest absolute Gasteiger partial charge is 0.253 e. The lowest BCUT2D eigenvalue weighted by Gasteiger charge is -2.22. The summed E-state index contributed by atoms with van der Waals surface area (Å²) in [5.41, 5.74) is 7.93. The zero-order chi connectivity index (χ0) is 13.0. The molecule has 98 valence electrons. The molecule has 0 radical (unpaired) electrons. The minimum Gasteiger partial charge on any atom is -0.398 e. The molecule has 1 unspecified atom stereocenters. The molecule has 0 aromatic heterocycles. The number of para-hydroxylation sites is 1. The number of benzene rings is 1. The van der Waals surface area contributed by atoms with Gasteiger partial charge < -0.3 is 15.8 Å². The van der Waals surface area contributed by atoms with Gasteiger partial charge in [-0.25, -0.2) is 0 Å². The van der Waals surface area contributed by atoms with E-state index >= 15 is 0 Å². The van der Waals surface area contributed by atoms with Crippen molar-refractivity contribution in [2.45, 2.75) is 32.3 Å². The molecule has 0 aliphatic carbocycles. The third-order valence-corrected chi connectivity index (χ3v) is 3.33. The Hall–Kier alpha value is -1.55. The first-order valence-electron chi connectivity index (χ1n) is 6.43. The zero-order valence-corrected chi connectivity index (χ0v) is 10.7. The summed E-state index contributed by atoms with van der Waals surface area (Å²) in [5.74, 6) is -0.120. The van der Waals surface area contributed by atoms with Gasteiger partial charge in [-0.2, -0.15) is 0 Å². The highest BCUT2D eigenvalue weighted by Gasteiger charge is 2.16. The Balaban J connectivity index is 1.93. The van der Waals surface area contributed by atoms with Crippen LogP contribution in [0.3, 0.4) is 0 Å². The average Bonchev–Trinajstić information content (AvgIpc) is 2.40. The van der Waals surface area contributed by atoms with Crippen molar-refractivity contribution < 1.29 is 9.53 Å². The van der Waals surface area contributed by atoms with Crippen molar-refractivity contribution in [3.05, 3.63) is 29.3 Å². The van der Waals surface area contributed by atoms with Crippen molar-refractivity contribution in [1.82, 2.24) is 5.32 Å². The molecule has 4 heteroatoms. The van der Waals surface area contributed by atoms with Crippen molar-refractivity contribution in [3.63, 3.8) is 0 Å². The summed E-state index contributed by atoms with van der Waals surface area (Å²) >= 11 is 0. The van der Waals surface area contributed by atoms with Gasteiger partial charge in [0.25, 0.3) is 5.91 Å². The van der Waals surface area contributed by atoms with E-state index in [1.54, 1.807) is 6.07 Å². The van der Waals surface area contributed by atoms with E-state index in [9.17, 15) is 4.79 Å². The molecule has 0 saturated carbocycles. The first-order chi connectivity index (χ1) is 8.68. The van der Waals surface area contributed by atoms with Gasteiger partial charge in [0.1, 0.15) is 0 Å². The molecule has 1 aromatic rings. The van der Waals surface area contributed by atoms with Crippen LogP contribution in [0.2, 0.25) is 0 Å². The Kier molecular flexibility index (Phi) is 4.20. The Morgan fingerprint density at radius 1 is 1.50 bits per heavy atom. The van der Waals surface area contributed by atoms with Gasteiger partial charge in [-0.3, -0.25) is 4.79 Å². The SMILES string of the molecule is Cc1cccc(C(=O)NCC2CCCCO2)c1N. The van der Waals surface area contributed by atoms with E-state index in [0.717, 1.165) is 25.0 Å². The predicted octanol–water partition coefficient (Wildman–Crippen LogP) is 1.88. The van der Waals surface area contributed by atoms with Crippen molar-refractivity contribution in [2.75, 3.05) is 18.9 Å². The van der Waals surface area contributed by atoms with Crippen LogP contribution in [-0.2, 0) is 4.74 Å². The maximum atomic E-state index is 12.0. The molecule has 1 aliphatic heterocycles. The standard InChI is InChI=1S/C14H20N2O2/c1-10-5-4-7-12(13(10)15)14(17)16-9-11-6-2-3-8-18-11/h4-5,7,11H,2-3,6,8-9,15H2,1H3,(H,16,17). The number of carbonyl (C=O) groups is 1. The summed E-state index contributed by atoms with van der Waals surface area (Å²) in [7, 11) is 0. The van der Waals surface area contributed by atoms with Crippen LogP contribution in [0, 0.1) is 6.92 Å². The van der Waals surface area contributed by atoms with Gasteiger partial charge in [-0.05, 0) is 37.8 Å². The Labute approximate surface area is 108 Å². The summed E-state index contributed by atoms with van der Waals surface area (Å²) in [5, 5.41) is 2.89. The molecule has 4 nitrogen and oxygen atoms in total. The number of nitrogens with one attached hydrogen (secondary N) is 1. The van der Waals surface area contributed by atoms with E-state index in [2.05, 4.69) is 5.32 Å². The highest BCUT2D eigenvalue weighted by Crippen LogP contribution is 2.16. The number of rotatable bonds is 3. The maximum absolute atomic E-state index is 12.0. The molecule has 1 heterocycles. The Bertz CT molecular complexity index is 426. The number of aryl methyl sites for hydroxylation is 1. The second-order valence-corrected chi connectivity index (χ2v) is 4.73. The minimum atomic E-state index is -0.120. The summed E-state index contributed by atoms with van der Waals surface area (Å²) in [6.45, 7) is 3.26. The molecule has 18 heavy (non-hydrogen) atoms. The second kappa shape index (κ2) is 5.87. The fourth-order valence-electron chi connectivity index (χ4n) is 2.15. The van der Waals surface area contributed by atoms with E-state index in [1.165, 1.54) is 6.42 Å². The lowest BCUT2D eigenvalue weighted by atomic mass is 10.1. The van der Waals surface area contributed by atoms with Gasteiger partial charge in [-0.1, -0.05) is 12.1 Å². The van der Waals surface area contributed by atoms with Gasteiger partial charge in [0.15, 0.2) is 0 Å². The van der Waals surface area contributed by atoms with E-state index < -0.39 is 0 Å². The number of amides is 1. The summed E-state index contributed by atoms with van der Waals surface area (Å²) < 4.78 is 5.57. The first-order valence-corrected chi connectivity index (χ1v) is 6.43. The predicted molar refractivity (Wildman–Crippen MR) is 71.5 cm³/mol. The summed E-state index contributed by atoms with van der Waals surface area (Å²) in [4.78, 5) is 12.0. The molecule has 1 atom stereocenters. The fourth-order valence-corrected chi connectivity index (χ4v) is 2.15. The number of nitrogen functional groups attached to an aromatic ring is 1. The minimum absolute atomic E-state index is 0.120. The number of nitrogens with two attached hydrogens (primary N) is 1. The van der Waals surface area contributed by atoms with E-state index in [4.69, 9.17) is 10.5 Å². The molecule has 1 aromatic carbocycles. The molecule has 1 amide bonds. The molecule has 0 spiro atoms. The van der Waals surface area contributed by atoms with Crippen LogP contribution < -0.4 is 11.1 Å². The topological polar surface area (TPSA) is 64.3 Å². The molecule has 0 bridgehead atoms. The number of anilines is 1. The lowest BCUT2D eigenvalue weighted by Crippen LogP contribution is -2.35. The van der Waals surface area contributed by atoms with Crippen LogP contribution >= 0.6 is 0 Å². The largest absolute Gasteiger partial charge is 0.398 e. The van der Waals surface area contributed by atoms with Gasteiger partial charge in [0.05, 0.1) is 11.7 Å². The van der Waals surface area contributed by atoms with E-state index in [-0.39, 0.29) is 12.0 Å². The van der Waals surface area contributed by atoms with Crippen LogP contribution in [0.25, 0.3) is 0 Å². The van der Waals surface area contributed by atoms with E-state index in [0.29, 0.717) is 17.8 Å². The third kappa shape index (κ3) is 3.01. The molecular weight excluding hydrogens is 228 g/mol. The monoisotopic (exact) mass is 248 g/mol. The highest BCUT2D eigenvalue weighted by atomic mass is 16.5. The van der Waals surface area contributed by atoms with Crippen molar-refractivity contribution in [3.8, 4) is 0 Å². The van der Waals surface area contributed by atoms with Crippen LogP contribution in [-0.4, -0.2) is 25.2 Å². The van der Waals surface area contributed by atoms with E-state index in [1.807, 2.05) is 19.1 Å². The maximum Gasteiger partial charge on any atom is 0.253 e. The van der Waals surface area contributed by atoms with Gasteiger partial charge in [0, 0.05) is 18.8 Å². The van der Waals surface area contributed by atoms with Crippen molar-refractivity contribution >= 4 is 11.6 Å². The van der Waals surface area contributed by atoms with Crippen LogP contribution in [0.15, 0.2) is 18.2 Å². The lowest BCUT2D eigenvalue weighted by molar-refractivity contribution is 0.0169. The number of hydrogen-bond donors (Lipinski definition) is 2. The van der Waals surface area contributed by atoms with Crippen LogP contribution in [0.5, 0.6) is 0 Å². The Morgan fingerprint density at radius 3 is 3.06 bits per heavy atom. The van der Waals surface area contributed by atoms with Gasteiger partial charge in [0.2, 0.25) is 0 Å². The summed E-state index contributed by atoms with van der Waals surface area (Å²) in [6.07, 6.45) is 3.46. The highest BCUT2D eigenvalue weighted by molar-refractivity contribution is 5.99. The van der Waals surface area contributed by atoms with Crippen LogP contribution in [0.4, 0.5) is 5.69 Å². The quantitative estimate of drug-likeness (QED) is 0.803. The molecule has 1 aliphatic rings. The second-order valence-electron chi connectivity index (χ2n) is 4.73. The fraction of sp³-hybridized carbons (Fsp3) is 0.500. The van der Waals surface area contributed by atoms with Crippen LogP contribution in [0.1, 0.15) is 35.2 Å². The molecule has 2 rings (SSSR count). The molecule has 1 fully saturated rings. The zero-order valence-electron chi connectivity index (χ0n) is 10.7. The normalized spacial score (nSPS) is 19.5. The number of ether oxygens (including phenoxy) is 1. The molecular formula is C14H20N2O2. The molecule has 3 N–H and O–H groups in total. The third-order valence-electron chi connectivity index (χ3n) is 3.33. The van der Waals surface area contributed by atoms with Gasteiger partial charge in [-0.15, -0.1) is 0 Å². The Morgan fingerprint density at radius 2 is 2.33 bits per heavy atom. The average molecular weight is 248 g/mol.